The van der Waals surface area contributed by atoms with Gasteiger partial charge in [-0.2, -0.15) is 0 Å². The third-order valence-corrected chi connectivity index (χ3v) is 5.75. The Morgan fingerprint density at radius 3 is 2.43 bits per heavy atom. The maximum atomic E-state index is 4.31. The molecule has 4 rings (SSSR count). The molecule has 2 aromatic rings. The number of hydrogen-bond donors (Lipinski definition) is 1. The molecule has 1 aromatic carbocycles. The predicted octanol–water partition coefficient (Wildman–Crippen LogP) is 3.85. The van der Waals surface area contributed by atoms with Crippen LogP contribution < -0.4 is 5.32 Å². The van der Waals surface area contributed by atoms with Crippen molar-refractivity contribution < 1.29 is 0 Å². The lowest BCUT2D eigenvalue weighted by Crippen LogP contribution is -2.57. The molecule has 0 bridgehead atoms. The van der Waals surface area contributed by atoms with E-state index in [0.29, 0.717) is 12.0 Å². The normalized spacial score (nSPS) is 29.6. The summed E-state index contributed by atoms with van der Waals surface area (Å²) in [4.78, 5) is 8.62. The predicted molar refractivity (Wildman–Crippen MR) is 92.0 cm³/mol. The van der Waals surface area contributed by atoms with Crippen molar-refractivity contribution in [3.05, 3.63) is 59.7 Å². The molecule has 0 unspecified atom stereocenters. The van der Waals surface area contributed by atoms with Gasteiger partial charge in [0.05, 0.1) is 0 Å². The van der Waals surface area contributed by atoms with Gasteiger partial charge in [-0.05, 0) is 37.2 Å². The number of aryl methyl sites for hydroxylation is 1. The SMILES string of the molecule is Cc1ncc(CN[C@H]2[C@@H]3CCCC[C@H]3[C@@H]2c2ccccc2)cn1. The largest absolute Gasteiger partial charge is 0.309 e. The van der Waals surface area contributed by atoms with E-state index in [2.05, 4.69) is 45.6 Å². The van der Waals surface area contributed by atoms with E-state index in [9.17, 15) is 0 Å². The summed E-state index contributed by atoms with van der Waals surface area (Å²) in [5, 5.41) is 3.82. The quantitative estimate of drug-likeness (QED) is 0.932. The van der Waals surface area contributed by atoms with Crippen LogP contribution >= 0.6 is 0 Å². The first-order chi connectivity index (χ1) is 11.3. The van der Waals surface area contributed by atoms with Crippen molar-refractivity contribution in [2.24, 2.45) is 11.8 Å². The van der Waals surface area contributed by atoms with Crippen molar-refractivity contribution >= 4 is 0 Å². The van der Waals surface area contributed by atoms with Gasteiger partial charge in [0.25, 0.3) is 0 Å². The monoisotopic (exact) mass is 307 g/mol. The van der Waals surface area contributed by atoms with Crippen LogP contribution in [0.25, 0.3) is 0 Å². The molecule has 0 aliphatic heterocycles. The summed E-state index contributed by atoms with van der Waals surface area (Å²) in [5.74, 6) is 3.23. The molecule has 3 nitrogen and oxygen atoms in total. The van der Waals surface area contributed by atoms with Gasteiger partial charge in [0.2, 0.25) is 0 Å². The van der Waals surface area contributed by atoms with E-state index in [4.69, 9.17) is 0 Å². The van der Waals surface area contributed by atoms with Gasteiger partial charge in [-0.25, -0.2) is 9.97 Å². The Kier molecular flexibility index (Phi) is 4.13. The number of rotatable bonds is 4. The van der Waals surface area contributed by atoms with Crippen molar-refractivity contribution in [1.82, 2.24) is 15.3 Å². The fourth-order valence-corrected chi connectivity index (χ4v) is 4.62. The Labute approximate surface area is 138 Å². The third kappa shape index (κ3) is 2.90. The van der Waals surface area contributed by atoms with E-state index >= 15 is 0 Å². The minimum absolute atomic E-state index is 0.601. The van der Waals surface area contributed by atoms with Crippen LogP contribution in [0.3, 0.4) is 0 Å². The van der Waals surface area contributed by atoms with Gasteiger partial charge in [0.1, 0.15) is 5.82 Å². The van der Waals surface area contributed by atoms with Gasteiger partial charge in [0, 0.05) is 36.5 Å². The lowest BCUT2D eigenvalue weighted by atomic mass is 9.53. The van der Waals surface area contributed by atoms with Gasteiger partial charge in [-0.3, -0.25) is 0 Å². The summed E-state index contributed by atoms with van der Waals surface area (Å²) in [6, 6.07) is 11.7. The van der Waals surface area contributed by atoms with Gasteiger partial charge in [0.15, 0.2) is 0 Å². The van der Waals surface area contributed by atoms with Crippen LogP contribution in [-0.2, 0) is 6.54 Å². The molecular weight excluding hydrogens is 282 g/mol. The second-order valence-electron chi connectivity index (χ2n) is 7.09. The average Bonchev–Trinajstić information content (AvgIpc) is 2.58. The Morgan fingerprint density at radius 1 is 1.00 bits per heavy atom. The molecule has 0 radical (unpaired) electrons. The zero-order valence-electron chi connectivity index (χ0n) is 13.8. The molecule has 2 fully saturated rings. The van der Waals surface area contributed by atoms with Crippen LogP contribution in [-0.4, -0.2) is 16.0 Å². The maximum absolute atomic E-state index is 4.31. The lowest BCUT2D eigenvalue weighted by molar-refractivity contribution is 0.0254. The Hall–Kier alpha value is -1.74. The molecule has 0 spiro atoms. The molecule has 2 saturated carbocycles. The van der Waals surface area contributed by atoms with Gasteiger partial charge >= 0.3 is 0 Å². The van der Waals surface area contributed by atoms with Crippen molar-refractivity contribution in [2.75, 3.05) is 0 Å². The number of aromatic nitrogens is 2. The van der Waals surface area contributed by atoms with Crippen LogP contribution in [0.4, 0.5) is 0 Å². The molecule has 2 aliphatic rings. The highest BCUT2D eigenvalue weighted by Crippen LogP contribution is 2.54. The average molecular weight is 307 g/mol. The first kappa shape index (κ1) is 14.8. The van der Waals surface area contributed by atoms with E-state index < -0.39 is 0 Å². The highest BCUT2D eigenvalue weighted by atomic mass is 15.0. The van der Waals surface area contributed by atoms with Crippen molar-refractivity contribution in [2.45, 2.75) is 51.1 Å². The lowest BCUT2D eigenvalue weighted by Gasteiger charge is -2.55. The molecule has 0 amide bonds. The van der Waals surface area contributed by atoms with E-state index in [0.717, 1.165) is 24.2 Å². The minimum Gasteiger partial charge on any atom is -0.309 e. The molecular formula is C20H25N3. The molecule has 1 heterocycles. The highest BCUT2D eigenvalue weighted by molar-refractivity contribution is 5.28. The minimum atomic E-state index is 0.601. The van der Waals surface area contributed by atoms with Crippen LogP contribution in [0.2, 0.25) is 0 Å². The van der Waals surface area contributed by atoms with Gasteiger partial charge < -0.3 is 5.32 Å². The molecule has 2 aliphatic carbocycles. The second-order valence-corrected chi connectivity index (χ2v) is 7.09. The Morgan fingerprint density at radius 2 is 1.70 bits per heavy atom. The molecule has 120 valence electrons. The van der Waals surface area contributed by atoms with Gasteiger partial charge in [-0.1, -0.05) is 43.2 Å². The maximum Gasteiger partial charge on any atom is 0.125 e. The molecule has 3 heteroatoms. The van der Waals surface area contributed by atoms with E-state index in [-0.39, 0.29) is 0 Å². The first-order valence-electron chi connectivity index (χ1n) is 8.89. The van der Waals surface area contributed by atoms with E-state index in [1.807, 2.05) is 19.3 Å². The molecule has 0 saturated heterocycles. The van der Waals surface area contributed by atoms with Crippen LogP contribution in [0.5, 0.6) is 0 Å². The second kappa shape index (κ2) is 6.40. The fourth-order valence-electron chi connectivity index (χ4n) is 4.62. The molecule has 23 heavy (non-hydrogen) atoms. The van der Waals surface area contributed by atoms with Crippen LogP contribution in [0.1, 0.15) is 48.6 Å². The first-order valence-corrected chi connectivity index (χ1v) is 8.89. The van der Waals surface area contributed by atoms with Crippen molar-refractivity contribution in [3.8, 4) is 0 Å². The summed E-state index contributed by atoms with van der Waals surface area (Å²) in [7, 11) is 0. The smallest absolute Gasteiger partial charge is 0.125 e. The fraction of sp³-hybridized carbons (Fsp3) is 0.500. The third-order valence-electron chi connectivity index (χ3n) is 5.75. The standard InChI is InChI=1S/C20H25N3/c1-14-21-11-15(12-22-14)13-23-20-18-10-6-5-9-17(18)19(20)16-7-3-2-4-8-16/h2-4,7-8,11-12,17-20,23H,5-6,9-10,13H2,1H3/t17-,18-,19+,20+/m1/s1. The van der Waals surface area contributed by atoms with Crippen LogP contribution in [0.15, 0.2) is 42.7 Å². The summed E-state index contributed by atoms with van der Waals surface area (Å²) < 4.78 is 0. The Balaban J connectivity index is 1.49. The topological polar surface area (TPSA) is 37.8 Å². The molecule has 1 aromatic heterocycles. The number of nitrogens with one attached hydrogen (secondary N) is 1. The highest BCUT2D eigenvalue weighted by Gasteiger charge is 2.50. The van der Waals surface area contributed by atoms with E-state index in [1.165, 1.54) is 36.8 Å². The zero-order chi connectivity index (χ0) is 15.6. The molecule has 1 N–H and O–H groups in total. The summed E-state index contributed by atoms with van der Waals surface area (Å²) >= 11 is 0. The van der Waals surface area contributed by atoms with Gasteiger partial charge in [-0.15, -0.1) is 0 Å². The summed E-state index contributed by atoms with van der Waals surface area (Å²) in [6.07, 6.45) is 9.48. The molecule has 4 atom stereocenters. The van der Waals surface area contributed by atoms with Crippen molar-refractivity contribution in [1.29, 1.82) is 0 Å². The number of nitrogens with zero attached hydrogens (tertiary/aromatic N) is 2. The number of fused-ring (bicyclic) bond motifs is 1. The number of benzene rings is 1. The summed E-state index contributed by atoms with van der Waals surface area (Å²) in [5.41, 5.74) is 2.69. The van der Waals surface area contributed by atoms with Crippen LogP contribution in [0, 0.1) is 18.8 Å². The zero-order valence-corrected chi connectivity index (χ0v) is 13.8. The van der Waals surface area contributed by atoms with Crippen molar-refractivity contribution in [3.63, 3.8) is 0 Å². The Bertz CT molecular complexity index is 638. The summed E-state index contributed by atoms with van der Waals surface area (Å²) in [6.45, 7) is 2.80. The van der Waals surface area contributed by atoms with E-state index in [1.54, 1.807) is 0 Å². The number of hydrogen-bond acceptors (Lipinski definition) is 3.